The fraction of sp³-hybridized carbons (Fsp3) is 0.500. The summed E-state index contributed by atoms with van der Waals surface area (Å²) >= 11 is 0. The van der Waals surface area contributed by atoms with Gasteiger partial charge in [-0.25, -0.2) is 8.42 Å². The second-order valence-corrected chi connectivity index (χ2v) is 18.0. The molecule has 196 valence electrons. The summed E-state index contributed by atoms with van der Waals surface area (Å²) in [6.07, 6.45) is 4.84. The van der Waals surface area contributed by atoms with E-state index in [0.29, 0.717) is 23.0 Å². The lowest BCUT2D eigenvalue weighted by Gasteiger charge is -2.39. The highest BCUT2D eigenvalue weighted by Gasteiger charge is 2.39. The molecule has 1 atom stereocenters. The molecular weight excluding hydrogens is 490 g/mol. The van der Waals surface area contributed by atoms with Crippen LogP contribution in [0.15, 0.2) is 59.0 Å². The maximum atomic E-state index is 14.1. The number of sulfonamides is 1. The minimum atomic E-state index is -3.77. The lowest BCUT2D eigenvalue weighted by atomic mass is 9.94. The third kappa shape index (κ3) is 5.72. The topological polar surface area (TPSA) is 65.1 Å². The molecule has 0 N–H and O–H groups in total. The second kappa shape index (κ2) is 10.3. The molecule has 0 aromatic heterocycles. The van der Waals surface area contributed by atoms with Crippen LogP contribution in [0.2, 0.25) is 18.1 Å². The van der Waals surface area contributed by atoms with Gasteiger partial charge in [-0.05, 0) is 79.7 Å². The van der Waals surface area contributed by atoms with Crippen LogP contribution in [0.3, 0.4) is 0 Å². The first-order valence-corrected chi connectivity index (χ1v) is 17.0. The molecule has 0 spiro atoms. The first kappa shape index (κ1) is 26.9. The molecule has 6 nitrogen and oxygen atoms in total. The molecule has 0 radical (unpaired) electrons. The van der Waals surface area contributed by atoms with Crippen LogP contribution in [-0.4, -0.2) is 40.5 Å². The van der Waals surface area contributed by atoms with Crippen LogP contribution in [0, 0.1) is 6.92 Å². The Kier molecular flexibility index (Phi) is 7.72. The van der Waals surface area contributed by atoms with Crippen LogP contribution in [0.25, 0.3) is 0 Å². The Labute approximate surface area is 217 Å². The molecule has 1 aliphatic carbocycles. The van der Waals surface area contributed by atoms with Gasteiger partial charge in [0, 0.05) is 12.6 Å². The van der Waals surface area contributed by atoms with Crippen LogP contribution >= 0.6 is 0 Å². The van der Waals surface area contributed by atoms with Crippen molar-refractivity contribution in [2.75, 3.05) is 13.4 Å². The minimum Gasteiger partial charge on any atom is -0.454 e. The number of hydrogen-bond acceptors (Lipinski definition) is 5. The summed E-state index contributed by atoms with van der Waals surface area (Å²) in [5.74, 6) is 1.34. The van der Waals surface area contributed by atoms with Gasteiger partial charge >= 0.3 is 0 Å². The summed E-state index contributed by atoms with van der Waals surface area (Å²) in [6, 6.07) is 12.5. The Morgan fingerprint density at radius 2 is 1.75 bits per heavy atom. The van der Waals surface area contributed by atoms with E-state index in [9.17, 15) is 8.42 Å². The molecule has 1 aliphatic heterocycles. The molecule has 0 amide bonds. The van der Waals surface area contributed by atoms with E-state index < -0.39 is 18.3 Å². The molecule has 1 heterocycles. The van der Waals surface area contributed by atoms with Crippen LogP contribution < -0.4 is 9.47 Å². The molecule has 2 aromatic carbocycles. The zero-order chi connectivity index (χ0) is 26.1. The first-order chi connectivity index (χ1) is 16.9. The zero-order valence-electron chi connectivity index (χ0n) is 22.3. The van der Waals surface area contributed by atoms with E-state index in [2.05, 4.69) is 39.9 Å². The lowest BCUT2D eigenvalue weighted by Crippen LogP contribution is -2.45. The Morgan fingerprint density at radius 1 is 1.06 bits per heavy atom. The third-order valence-corrected chi connectivity index (χ3v) is 14.0. The first-order valence-electron chi connectivity index (χ1n) is 12.7. The normalized spacial score (nSPS) is 18.4. The molecule has 0 unspecified atom stereocenters. The van der Waals surface area contributed by atoms with Crippen molar-refractivity contribution in [3.8, 4) is 11.5 Å². The molecule has 0 fully saturated rings. The molecule has 4 rings (SSSR count). The van der Waals surface area contributed by atoms with E-state index in [1.165, 1.54) is 0 Å². The van der Waals surface area contributed by atoms with Crippen molar-refractivity contribution in [2.45, 2.75) is 82.6 Å². The molecular formula is C28H39NO5SSi. The predicted octanol–water partition coefficient (Wildman–Crippen LogP) is 6.42. The zero-order valence-corrected chi connectivity index (χ0v) is 24.2. The van der Waals surface area contributed by atoms with Crippen LogP contribution in [0.1, 0.15) is 51.2 Å². The summed E-state index contributed by atoms with van der Waals surface area (Å²) in [6.45, 7) is 14.0. The van der Waals surface area contributed by atoms with Gasteiger partial charge in [-0.3, -0.25) is 0 Å². The van der Waals surface area contributed by atoms with E-state index >= 15 is 0 Å². The molecule has 2 aliphatic rings. The highest BCUT2D eigenvalue weighted by molar-refractivity contribution is 7.89. The van der Waals surface area contributed by atoms with Crippen molar-refractivity contribution in [3.05, 3.63) is 65.2 Å². The Morgan fingerprint density at radius 3 is 2.44 bits per heavy atom. The fourth-order valence-corrected chi connectivity index (χ4v) is 6.92. The number of nitrogens with zero attached hydrogens (tertiary/aromatic N) is 1. The Bertz CT molecular complexity index is 1220. The van der Waals surface area contributed by atoms with Crippen molar-refractivity contribution in [3.63, 3.8) is 0 Å². The Balaban J connectivity index is 1.69. The van der Waals surface area contributed by atoms with Crippen LogP contribution in [0.4, 0.5) is 0 Å². The summed E-state index contributed by atoms with van der Waals surface area (Å²) in [5, 5.41) is 0.0812. The fourth-order valence-electron chi connectivity index (χ4n) is 4.31. The van der Waals surface area contributed by atoms with E-state index in [1.807, 2.05) is 37.3 Å². The van der Waals surface area contributed by atoms with Crippen molar-refractivity contribution >= 4 is 18.3 Å². The number of benzene rings is 2. The van der Waals surface area contributed by atoms with Gasteiger partial charge in [-0.15, -0.1) is 0 Å². The van der Waals surface area contributed by atoms with Crippen molar-refractivity contribution in [2.24, 2.45) is 0 Å². The molecule has 8 heteroatoms. The molecule has 0 saturated heterocycles. The third-order valence-electron chi connectivity index (χ3n) is 7.67. The summed E-state index contributed by atoms with van der Waals surface area (Å²) < 4.78 is 47.4. The monoisotopic (exact) mass is 529 g/mol. The average Bonchev–Trinajstić information content (AvgIpc) is 3.29. The summed E-state index contributed by atoms with van der Waals surface area (Å²) in [5.41, 5.74) is 2.95. The predicted molar refractivity (Wildman–Crippen MR) is 145 cm³/mol. The van der Waals surface area contributed by atoms with Crippen molar-refractivity contribution in [1.29, 1.82) is 0 Å². The Hall–Kier alpha value is -2.13. The van der Waals surface area contributed by atoms with Gasteiger partial charge in [0.1, 0.15) is 0 Å². The van der Waals surface area contributed by atoms with E-state index in [-0.39, 0.29) is 24.4 Å². The number of ether oxygens (including phenoxy) is 2. The maximum Gasteiger partial charge on any atom is 0.243 e. The summed E-state index contributed by atoms with van der Waals surface area (Å²) in [4.78, 5) is 0.309. The number of rotatable bonds is 8. The van der Waals surface area contributed by atoms with Crippen LogP contribution in [0.5, 0.6) is 11.5 Å². The number of aryl methyl sites for hydroxylation is 1. The highest BCUT2D eigenvalue weighted by Crippen LogP contribution is 2.39. The molecule has 36 heavy (non-hydrogen) atoms. The van der Waals surface area contributed by atoms with Gasteiger partial charge in [0.15, 0.2) is 19.8 Å². The highest BCUT2D eigenvalue weighted by atomic mass is 32.2. The van der Waals surface area contributed by atoms with Gasteiger partial charge in [-0.1, -0.05) is 50.6 Å². The molecule has 2 aromatic rings. The number of hydrogen-bond donors (Lipinski definition) is 0. The van der Waals surface area contributed by atoms with E-state index in [1.54, 1.807) is 16.4 Å². The van der Waals surface area contributed by atoms with Gasteiger partial charge < -0.3 is 13.9 Å². The average molecular weight is 530 g/mol. The van der Waals surface area contributed by atoms with Gasteiger partial charge in [0.05, 0.1) is 11.5 Å². The molecule has 0 saturated carbocycles. The quantitative estimate of drug-likeness (QED) is 0.292. The van der Waals surface area contributed by atoms with Crippen molar-refractivity contribution < 1.29 is 22.3 Å². The number of allylic oxidation sites excluding steroid dienone is 1. The number of fused-ring (bicyclic) bond motifs is 1. The minimum absolute atomic E-state index is 0.0812. The molecule has 0 bridgehead atoms. The van der Waals surface area contributed by atoms with Gasteiger partial charge in [0.25, 0.3) is 0 Å². The SMILES string of the molecule is Cc1ccc(S(=O)(=O)N(Cc2ccc3c(c2)OCO3)[C@H]2CCCC=C2CO[Si](C)(C)C(C)(C)C)cc1. The van der Waals surface area contributed by atoms with E-state index in [4.69, 9.17) is 13.9 Å². The second-order valence-electron chi connectivity index (χ2n) is 11.3. The van der Waals surface area contributed by atoms with Crippen molar-refractivity contribution in [1.82, 2.24) is 4.31 Å². The smallest absolute Gasteiger partial charge is 0.243 e. The standard InChI is InChI=1S/C28H39NO5SSi/c1-21-11-14-24(15-12-21)35(30,31)29(18-22-13-16-26-27(17-22)33-20-32-26)25-10-8-7-9-23(25)19-34-36(5,6)28(2,3)4/h9,11-17,25H,7-8,10,18-20H2,1-6H3/t25-/m0/s1. The largest absolute Gasteiger partial charge is 0.454 e. The van der Waals surface area contributed by atoms with Gasteiger partial charge in [-0.2, -0.15) is 4.31 Å². The van der Waals surface area contributed by atoms with Gasteiger partial charge in [0.2, 0.25) is 16.8 Å². The lowest BCUT2D eigenvalue weighted by molar-refractivity contribution is 0.174. The summed E-state index contributed by atoms with van der Waals surface area (Å²) in [7, 11) is -5.76. The van der Waals surface area contributed by atoms with E-state index in [0.717, 1.165) is 36.0 Å². The maximum absolute atomic E-state index is 14.1. The van der Waals surface area contributed by atoms with Crippen LogP contribution in [-0.2, 0) is 21.0 Å².